The molecule has 1 aromatic carbocycles. The zero-order valence-corrected chi connectivity index (χ0v) is 12.0. The van der Waals surface area contributed by atoms with Gasteiger partial charge in [0.05, 0.1) is 12.1 Å². The van der Waals surface area contributed by atoms with Crippen molar-refractivity contribution in [2.24, 2.45) is 0 Å². The van der Waals surface area contributed by atoms with E-state index in [4.69, 9.17) is 9.84 Å². The first-order valence-electron chi connectivity index (χ1n) is 6.86. The summed E-state index contributed by atoms with van der Waals surface area (Å²) in [6.45, 7) is 3.51. The van der Waals surface area contributed by atoms with E-state index in [0.29, 0.717) is 26.2 Å². The Hall–Kier alpha value is -1.92. The Morgan fingerprint density at radius 2 is 2.00 bits per heavy atom. The molecule has 1 aliphatic heterocycles. The van der Waals surface area contributed by atoms with Gasteiger partial charge in [-0.15, -0.1) is 0 Å². The van der Waals surface area contributed by atoms with Gasteiger partial charge in [0.15, 0.2) is 0 Å². The van der Waals surface area contributed by atoms with Crippen molar-refractivity contribution in [3.8, 4) is 0 Å². The molecule has 6 nitrogen and oxygen atoms in total. The van der Waals surface area contributed by atoms with Gasteiger partial charge in [0.25, 0.3) is 0 Å². The SMILES string of the molecule is CC1(OCC(=O)O)CN(CC(=O)NCc2ccccc2)C1. The predicted octanol–water partition coefficient (Wildman–Crippen LogP) is 0.478. The molecule has 1 fully saturated rings. The van der Waals surface area contributed by atoms with Crippen LogP contribution in [0.25, 0.3) is 0 Å². The summed E-state index contributed by atoms with van der Waals surface area (Å²) in [7, 11) is 0. The van der Waals surface area contributed by atoms with Crippen molar-refractivity contribution in [3.63, 3.8) is 0 Å². The van der Waals surface area contributed by atoms with Gasteiger partial charge in [-0.05, 0) is 12.5 Å². The second-order valence-corrected chi connectivity index (χ2v) is 5.54. The van der Waals surface area contributed by atoms with Crippen LogP contribution >= 0.6 is 0 Å². The van der Waals surface area contributed by atoms with Crippen LogP contribution in [0.2, 0.25) is 0 Å². The normalized spacial score (nSPS) is 17.0. The van der Waals surface area contributed by atoms with E-state index < -0.39 is 11.6 Å². The van der Waals surface area contributed by atoms with Crippen LogP contribution in [0.15, 0.2) is 30.3 Å². The number of ether oxygens (including phenoxy) is 1. The zero-order chi connectivity index (χ0) is 15.3. The summed E-state index contributed by atoms with van der Waals surface area (Å²) < 4.78 is 5.30. The van der Waals surface area contributed by atoms with E-state index in [-0.39, 0.29) is 12.5 Å². The molecule has 1 heterocycles. The highest BCUT2D eigenvalue weighted by Gasteiger charge is 2.40. The number of amides is 1. The maximum atomic E-state index is 11.8. The summed E-state index contributed by atoms with van der Waals surface area (Å²) >= 11 is 0. The summed E-state index contributed by atoms with van der Waals surface area (Å²) in [6, 6.07) is 9.72. The first-order chi connectivity index (χ1) is 9.97. The maximum Gasteiger partial charge on any atom is 0.329 e. The lowest BCUT2D eigenvalue weighted by molar-refractivity contribution is -0.166. The molecule has 2 rings (SSSR count). The van der Waals surface area contributed by atoms with Crippen LogP contribution < -0.4 is 5.32 Å². The number of carboxylic acids is 1. The third-order valence-electron chi connectivity index (χ3n) is 3.36. The van der Waals surface area contributed by atoms with E-state index in [1.165, 1.54) is 0 Å². The van der Waals surface area contributed by atoms with E-state index in [1.54, 1.807) is 0 Å². The molecule has 1 amide bonds. The first-order valence-corrected chi connectivity index (χ1v) is 6.86. The van der Waals surface area contributed by atoms with Crippen molar-refractivity contribution in [1.82, 2.24) is 10.2 Å². The van der Waals surface area contributed by atoms with Crippen molar-refractivity contribution >= 4 is 11.9 Å². The molecule has 0 spiro atoms. The molecule has 21 heavy (non-hydrogen) atoms. The third kappa shape index (κ3) is 4.84. The number of rotatable bonds is 7. The van der Waals surface area contributed by atoms with Crippen LogP contribution in [-0.4, -0.2) is 53.7 Å². The fraction of sp³-hybridized carbons (Fsp3) is 0.467. The lowest BCUT2D eigenvalue weighted by Crippen LogP contribution is -2.63. The Morgan fingerprint density at radius 1 is 1.33 bits per heavy atom. The van der Waals surface area contributed by atoms with Crippen LogP contribution in [0.5, 0.6) is 0 Å². The highest BCUT2D eigenvalue weighted by atomic mass is 16.5. The Bertz CT molecular complexity index is 498. The van der Waals surface area contributed by atoms with E-state index in [9.17, 15) is 9.59 Å². The number of likely N-dealkylation sites (tertiary alicyclic amines) is 1. The molecule has 1 aromatic rings. The minimum Gasteiger partial charge on any atom is -0.480 e. The molecular weight excluding hydrogens is 272 g/mol. The minimum atomic E-state index is -0.977. The lowest BCUT2D eigenvalue weighted by atomic mass is 9.96. The minimum absolute atomic E-state index is 0.0425. The van der Waals surface area contributed by atoms with E-state index >= 15 is 0 Å². The molecule has 0 saturated carbocycles. The van der Waals surface area contributed by atoms with Gasteiger partial charge in [-0.25, -0.2) is 4.79 Å². The van der Waals surface area contributed by atoms with Crippen molar-refractivity contribution in [1.29, 1.82) is 0 Å². The van der Waals surface area contributed by atoms with Crippen molar-refractivity contribution < 1.29 is 19.4 Å². The second kappa shape index (κ2) is 6.69. The van der Waals surface area contributed by atoms with Crippen LogP contribution in [0, 0.1) is 0 Å². The largest absolute Gasteiger partial charge is 0.480 e. The molecule has 0 unspecified atom stereocenters. The number of carboxylic acid groups (broad SMARTS) is 1. The number of nitrogens with one attached hydrogen (secondary N) is 1. The van der Waals surface area contributed by atoms with E-state index in [0.717, 1.165) is 5.56 Å². The maximum absolute atomic E-state index is 11.8. The Kier molecular flexibility index (Phi) is 4.93. The van der Waals surface area contributed by atoms with Gasteiger partial charge in [-0.1, -0.05) is 30.3 Å². The average molecular weight is 292 g/mol. The van der Waals surface area contributed by atoms with Gasteiger partial charge in [-0.3, -0.25) is 9.69 Å². The summed E-state index contributed by atoms with van der Waals surface area (Å²) in [5.41, 5.74) is 0.599. The topological polar surface area (TPSA) is 78.9 Å². The molecule has 114 valence electrons. The Balaban J connectivity index is 1.65. The number of carbonyl (C=O) groups excluding carboxylic acids is 1. The number of hydrogen-bond donors (Lipinski definition) is 2. The number of hydrogen-bond acceptors (Lipinski definition) is 4. The smallest absolute Gasteiger partial charge is 0.329 e. The van der Waals surface area contributed by atoms with Gasteiger partial charge >= 0.3 is 5.97 Å². The number of carbonyl (C=O) groups is 2. The van der Waals surface area contributed by atoms with E-state index in [1.807, 2.05) is 42.2 Å². The van der Waals surface area contributed by atoms with Crippen molar-refractivity contribution in [3.05, 3.63) is 35.9 Å². The molecule has 0 radical (unpaired) electrons. The quantitative estimate of drug-likeness (QED) is 0.764. The summed E-state index contributed by atoms with van der Waals surface area (Å²) in [5.74, 6) is -1.02. The molecule has 0 aromatic heterocycles. The number of benzene rings is 1. The van der Waals surface area contributed by atoms with Crippen molar-refractivity contribution in [2.75, 3.05) is 26.2 Å². The van der Waals surface area contributed by atoms with Gasteiger partial charge in [0.2, 0.25) is 5.91 Å². The van der Waals surface area contributed by atoms with Gasteiger partial charge in [-0.2, -0.15) is 0 Å². The number of nitrogens with zero attached hydrogens (tertiary/aromatic N) is 1. The summed E-state index contributed by atoms with van der Waals surface area (Å²) in [5, 5.41) is 11.4. The monoisotopic (exact) mass is 292 g/mol. The van der Waals surface area contributed by atoms with Gasteiger partial charge in [0, 0.05) is 19.6 Å². The lowest BCUT2D eigenvalue weighted by Gasteiger charge is -2.46. The summed E-state index contributed by atoms with van der Waals surface area (Å²) in [6.07, 6.45) is 0. The van der Waals surface area contributed by atoms with Crippen LogP contribution in [0.4, 0.5) is 0 Å². The molecule has 0 atom stereocenters. The van der Waals surface area contributed by atoms with Crippen molar-refractivity contribution in [2.45, 2.75) is 19.1 Å². The molecule has 0 bridgehead atoms. The van der Waals surface area contributed by atoms with Crippen LogP contribution in [0.1, 0.15) is 12.5 Å². The third-order valence-corrected chi connectivity index (χ3v) is 3.36. The van der Waals surface area contributed by atoms with Crippen LogP contribution in [0.3, 0.4) is 0 Å². The van der Waals surface area contributed by atoms with Gasteiger partial charge < -0.3 is 15.2 Å². The average Bonchev–Trinajstić information content (AvgIpc) is 2.42. The number of aliphatic carboxylic acids is 1. The molecule has 6 heteroatoms. The molecule has 2 N–H and O–H groups in total. The molecular formula is C15H20N2O4. The van der Waals surface area contributed by atoms with Gasteiger partial charge in [0.1, 0.15) is 6.61 Å². The molecule has 1 aliphatic rings. The highest BCUT2D eigenvalue weighted by Crippen LogP contribution is 2.23. The standard InChI is InChI=1S/C15H20N2O4/c1-15(21-9-14(19)20)10-17(11-15)8-13(18)16-7-12-5-3-2-4-6-12/h2-6H,7-11H2,1H3,(H,16,18)(H,19,20). The fourth-order valence-electron chi connectivity index (χ4n) is 2.39. The molecule has 1 saturated heterocycles. The Labute approximate surface area is 123 Å². The zero-order valence-electron chi connectivity index (χ0n) is 12.0. The Morgan fingerprint density at radius 3 is 2.62 bits per heavy atom. The van der Waals surface area contributed by atoms with Crippen LogP contribution in [-0.2, 0) is 20.9 Å². The van der Waals surface area contributed by atoms with E-state index in [2.05, 4.69) is 5.32 Å². The second-order valence-electron chi connectivity index (χ2n) is 5.54. The summed E-state index contributed by atoms with van der Waals surface area (Å²) in [4.78, 5) is 24.2. The first kappa shape index (κ1) is 15.5. The molecule has 0 aliphatic carbocycles. The predicted molar refractivity (Wildman–Crippen MR) is 76.7 cm³/mol. The fourth-order valence-corrected chi connectivity index (χ4v) is 2.39. The highest BCUT2D eigenvalue weighted by molar-refractivity contribution is 5.78.